The SMILES string of the molecule is C=CC1CC2CC(CCc3nc4cc(C(C)C)cc(-c5nccs5)c4o3)CC1C2. The number of fused-ring (bicyclic) bond motifs is 3. The highest BCUT2D eigenvalue weighted by Crippen LogP contribution is 2.49. The zero-order valence-corrected chi connectivity index (χ0v) is 18.3. The molecule has 5 rings (SSSR count). The Labute approximate surface area is 177 Å². The van der Waals surface area contributed by atoms with E-state index in [1.165, 1.54) is 37.7 Å². The molecule has 29 heavy (non-hydrogen) atoms. The van der Waals surface area contributed by atoms with Crippen LogP contribution < -0.4 is 0 Å². The normalized spacial score (nSPS) is 26.4. The van der Waals surface area contributed by atoms with Gasteiger partial charge in [0.15, 0.2) is 11.5 Å². The van der Waals surface area contributed by atoms with Gasteiger partial charge in [-0.25, -0.2) is 9.97 Å². The Morgan fingerprint density at radius 3 is 2.90 bits per heavy atom. The fraction of sp³-hybridized carbons (Fsp3) is 0.520. The van der Waals surface area contributed by atoms with Crippen molar-refractivity contribution in [2.24, 2.45) is 23.7 Å². The first-order valence-corrected chi connectivity index (χ1v) is 11.9. The van der Waals surface area contributed by atoms with E-state index in [9.17, 15) is 0 Å². The van der Waals surface area contributed by atoms with Gasteiger partial charge in [0.05, 0.1) is 5.56 Å². The van der Waals surface area contributed by atoms with Crippen molar-refractivity contribution in [2.75, 3.05) is 0 Å². The lowest BCUT2D eigenvalue weighted by Crippen LogP contribution is -2.17. The molecule has 4 unspecified atom stereocenters. The van der Waals surface area contributed by atoms with E-state index >= 15 is 0 Å². The summed E-state index contributed by atoms with van der Waals surface area (Å²) >= 11 is 1.66. The smallest absolute Gasteiger partial charge is 0.195 e. The number of thiazole rings is 1. The molecule has 2 saturated carbocycles. The number of allylic oxidation sites excluding steroid dienone is 1. The number of nitrogens with zero attached hydrogens (tertiary/aromatic N) is 2. The quantitative estimate of drug-likeness (QED) is 0.405. The van der Waals surface area contributed by atoms with Crippen LogP contribution in [0, 0.1) is 23.7 Å². The van der Waals surface area contributed by atoms with Crippen LogP contribution in [0.2, 0.25) is 0 Å². The minimum atomic E-state index is 0.453. The summed E-state index contributed by atoms with van der Waals surface area (Å²) in [5, 5.41) is 3.04. The van der Waals surface area contributed by atoms with Crippen molar-refractivity contribution in [3.05, 3.63) is 47.8 Å². The van der Waals surface area contributed by atoms with Crippen LogP contribution >= 0.6 is 11.3 Å². The predicted molar refractivity (Wildman–Crippen MR) is 120 cm³/mol. The zero-order valence-electron chi connectivity index (χ0n) is 17.4. The molecule has 2 fully saturated rings. The first-order chi connectivity index (χ1) is 14.1. The number of rotatable bonds is 6. The van der Waals surface area contributed by atoms with E-state index in [4.69, 9.17) is 9.40 Å². The molecule has 4 atom stereocenters. The summed E-state index contributed by atoms with van der Waals surface area (Å²) in [6.45, 7) is 8.51. The molecule has 3 aromatic rings. The largest absolute Gasteiger partial charge is 0.440 e. The average molecular weight is 407 g/mol. The second-order valence-electron chi connectivity index (χ2n) is 9.39. The maximum absolute atomic E-state index is 6.30. The Hall–Kier alpha value is -1.94. The van der Waals surface area contributed by atoms with E-state index in [2.05, 4.69) is 43.6 Å². The van der Waals surface area contributed by atoms with Gasteiger partial charge >= 0.3 is 0 Å². The highest BCUT2D eigenvalue weighted by molar-refractivity contribution is 7.13. The summed E-state index contributed by atoms with van der Waals surface area (Å²) in [5.41, 5.74) is 4.26. The maximum Gasteiger partial charge on any atom is 0.195 e. The number of benzene rings is 1. The van der Waals surface area contributed by atoms with Crippen LogP contribution in [-0.2, 0) is 6.42 Å². The summed E-state index contributed by atoms with van der Waals surface area (Å²) in [5.74, 6) is 4.68. The van der Waals surface area contributed by atoms with Crippen molar-refractivity contribution >= 4 is 22.4 Å². The van der Waals surface area contributed by atoms with Gasteiger partial charge in [0, 0.05) is 18.0 Å². The fourth-order valence-corrected chi connectivity index (χ4v) is 6.29. The summed E-state index contributed by atoms with van der Waals surface area (Å²) < 4.78 is 6.30. The standard InChI is InChI=1S/C25H30N2OS/c1-4-18-11-17-9-16(10-20(18)12-17)5-6-23-27-22-14-19(15(2)3)13-21(24(22)28-23)25-26-7-8-29-25/h4,7-8,13-18,20H,1,5-6,9-12H2,2-3H3. The number of hydrogen-bond donors (Lipinski definition) is 0. The topological polar surface area (TPSA) is 38.9 Å². The summed E-state index contributed by atoms with van der Waals surface area (Å²) in [7, 11) is 0. The Morgan fingerprint density at radius 1 is 1.24 bits per heavy atom. The molecule has 0 N–H and O–H groups in total. The van der Waals surface area contributed by atoms with E-state index in [1.54, 1.807) is 11.3 Å². The van der Waals surface area contributed by atoms with Crippen molar-refractivity contribution in [3.8, 4) is 10.6 Å². The van der Waals surface area contributed by atoms with E-state index in [-0.39, 0.29) is 0 Å². The highest BCUT2D eigenvalue weighted by Gasteiger charge is 2.39. The molecule has 4 heteroatoms. The van der Waals surface area contributed by atoms with Gasteiger partial charge in [0.1, 0.15) is 10.5 Å². The van der Waals surface area contributed by atoms with Crippen molar-refractivity contribution in [1.82, 2.24) is 9.97 Å². The van der Waals surface area contributed by atoms with Gasteiger partial charge in [-0.05, 0) is 79.4 Å². The van der Waals surface area contributed by atoms with Gasteiger partial charge < -0.3 is 4.42 Å². The van der Waals surface area contributed by atoms with Crippen molar-refractivity contribution in [2.45, 2.75) is 58.3 Å². The summed E-state index contributed by atoms with van der Waals surface area (Å²) in [6.07, 6.45) is 11.7. The molecular weight excluding hydrogens is 376 g/mol. The third-order valence-electron chi connectivity index (χ3n) is 7.11. The van der Waals surface area contributed by atoms with Gasteiger partial charge in [-0.15, -0.1) is 17.9 Å². The molecule has 152 valence electrons. The molecule has 2 aliphatic carbocycles. The molecule has 0 aliphatic heterocycles. The van der Waals surface area contributed by atoms with E-state index < -0.39 is 0 Å². The lowest BCUT2D eigenvalue weighted by molar-refractivity contribution is 0.238. The second-order valence-corrected chi connectivity index (χ2v) is 10.3. The summed E-state index contributed by atoms with van der Waals surface area (Å²) in [6, 6.07) is 4.43. The van der Waals surface area contributed by atoms with Crippen LogP contribution in [0.5, 0.6) is 0 Å². The van der Waals surface area contributed by atoms with Crippen LogP contribution in [0.4, 0.5) is 0 Å². The van der Waals surface area contributed by atoms with Gasteiger partial charge in [-0.3, -0.25) is 0 Å². The predicted octanol–water partition coefficient (Wildman–Crippen LogP) is 7.25. The lowest BCUT2D eigenvalue weighted by atomic mass is 9.78. The molecule has 1 aromatic carbocycles. The number of aromatic nitrogens is 2. The Balaban J connectivity index is 1.37. The molecule has 2 aromatic heterocycles. The van der Waals surface area contributed by atoms with Gasteiger partial charge in [0.2, 0.25) is 0 Å². The van der Waals surface area contributed by atoms with Crippen LogP contribution in [0.15, 0.2) is 40.8 Å². The molecule has 0 spiro atoms. The molecule has 0 radical (unpaired) electrons. The lowest BCUT2D eigenvalue weighted by Gasteiger charge is -2.28. The molecule has 2 aliphatic rings. The second kappa shape index (κ2) is 7.71. The summed E-state index contributed by atoms with van der Waals surface area (Å²) in [4.78, 5) is 9.42. The van der Waals surface area contributed by atoms with Crippen molar-refractivity contribution in [3.63, 3.8) is 0 Å². The number of hydrogen-bond acceptors (Lipinski definition) is 4. The molecule has 0 saturated heterocycles. The molecule has 2 bridgehead atoms. The van der Waals surface area contributed by atoms with Crippen molar-refractivity contribution < 1.29 is 4.42 Å². The van der Waals surface area contributed by atoms with Crippen LogP contribution in [0.3, 0.4) is 0 Å². The maximum atomic E-state index is 6.30. The minimum absolute atomic E-state index is 0.453. The Kier molecular flexibility index (Phi) is 5.07. The Morgan fingerprint density at radius 2 is 2.14 bits per heavy atom. The molecule has 0 amide bonds. The molecule has 3 nitrogen and oxygen atoms in total. The van der Waals surface area contributed by atoms with Crippen LogP contribution in [0.25, 0.3) is 21.7 Å². The third kappa shape index (κ3) is 3.68. The third-order valence-corrected chi connectivity index (χ3v) is 7.91. The molecular formula is C25H30N2OS. The minimum Gasteiger partial charge on any atom is -0.440 e. The number of aryl methyl sites for hydroxylation is 1. The van der Waals surface area contributed by atoms with E-state index in [0.29, 0.717) is 5.92 Å². The van der Waals surface area contributed by atoms with Gasteiger partial charge in [0.25, 0.3) is 0 Å². The fourth-order valence-electron chi connectivity index (χ4n) is 5.64. The van der Waals surface area contributed by atoms with Gasteiger partial charge in [-0.1, -0.05) is 19.9 Å². The van der Waals surface area contributed by atoms with Gasteiger partial charge in [-0.2, -0.15) is 0 Å². The van der Waals surface area contributed by atoms with E-state index in [0.717, 1.165) is 57.7 Å². The van der Waals surface area contributed by atoms with Crippen LogP contribution in [-0.4, -0.2) is 9.97 Å². The zero-order chi connectivity index (χ0) is 20.0. The Bertz CT molecular complexity index is 1000. The highest BCUT2D eigenvalue weighted by atomic mass is 32.1. The first kappa shape index (κ1) is 19.0. The average Bonchev–Trinajstić information content (AvgIpc) is 3.44. The van der Waals surface area contributed by atoms with Crippen molar-refractivity contribution in [1.29, 1.82) is 0 Å². The number of oxazole rings is 1. The monoisotopic (exact) mass is 406 g/mol. The molecule has 2 heterocycles. The van der Waals surface area contributed by atoms with E-state index in [1.807, 2.05) is 11.6 Å². The first-order valence-electron chi connectivity index (χ1n) is 11.1. The van der Waals surface area contributed by atoms with Crippen LogP contribution in [0.1, 0.15) is 63.3 Å².